The second-order valence-electron chi connectivity index (χ2n) is 7.66. The van der Waals surface area contributed by atoms with Crippen LogP contribution in [0.3, 0.4) is 0 Å². The fourth-order valence-corrected chi connectivity index (χ4v) is 3.64. The molecular weight excluding hydrogens is 468 g/mol. The van der Waals surface area contributed by atoms with Crippen LogP contribution in [0.1, 0.15) is 44.9 Å². The number of amides is 3. The molecule has 13 heteroatoms. The highest BCUT2D eigenvalue weighted by molar-refractivity contribution is 7.98. The van der Waals surface area contributed by atoms with Crippen molar-refractivity contribution in [2.24, 2.45) is 17.2 Å². The quantitative estimate of drug-likeness (QED) is 0.0778. The van der Waals surface area contributed by atoms with E-state index in [0.29, 0.717) is 44.5 Å². The molecule has 0 aromatic heterocycles. The van der Waals surface area contributed by atoms with Crippen LogP contribution in [0.25, 0.3) is 0 Å². The first kappa shape index (κ1) is 31.5. The molecule has 0 saturated carbocycles. The van der Waals surface area contributed by atoms with Gasteiger partial charge in [-0.1, -0.05) is 6.42 Å². The SMILES string of the molecule is CSCCC(NC(=O)C(CCCCN)NC(=O)C(CS)NC(=O)C(N)CCCCN)C(=O)O. The van der Waals surface area contributed by atoms with Crippen molar-refractivity contribution < 1.29 is 24.3 Å². The zero-order valence-corrected chi connectivity index (χ0v) is 21.0. The lowest BCUT2D eigenvalue weighted by Crippen LogP contribution is -2.57. The van der Waals surface area contributed by atoms with E-state index in [-0.39, 0.29) is 18.6 Å². The monoisotopic (exact) mass is 508 g/mol. The van der Waals surface area contributed by atoms with E-state index in [1.165, 1.54) is 11.8 Å². The molecule has 33 heavy (non-hydrogen) atoms. The summed E-state index contributed by atoms with van der Waals surface area (Å²) >= 11 is 5.60. The molecular formula is C20H40N6O5S2. The molecule has 4 unspecified atom stereocenters. The number of thiol groups is 1. The zero-order chi connectivity index (χ0) is 25.2. The van der Waals surface area contributed by atoms with Gasteiger partial charge in [0.25, 0.3) is 0 Å². The fraction of sp³-hybridized carbons (Fsp3) is 0.800. The third-order valence-electron chi connectivity index (χ3n) is 4.93. The molecule has 10 N–H and O–H groups in total. The highest BCUT2D eigenvalue weighted by Gasteiger charge is 2.29. The Labute approximate surface area is 205 Å². The number of carbonyl (C=O) groups excluding carboxylic acids is 3. The summed E-state index contributed by atoms with van der Waals surface area (Å²) in [5, 5.41) is 17.0. The Balaban J connectivity index is 5.15. The molecule has 0 aliphatic heterocycles. The lowest BCUT2D eigenvalue weighted by atomic mass is 10.1. The largest absolute Gasteiger partial charge is 0.480 e. The van der Waals surface area contributed by atoms with Crippen LogP contribution < -0.4 is 33.2 Å². The van der Waals surface area contributed by atoms with Crippen LogP contribution in [0.5, 0.6) is 0 Å². The number of unbranched alkanes of at least 4 members (excludes halogenated alkanes) is 2. The van der Waals surface area contributed by atoms with Crippen molar-refractivity contribution in [3.8, 4) is 0 Å². The standard InChI is InChI=1S/C20H40N6O5S2/c1-33-11-8-15(20(30)31)25-18(28)14(7-3-5-10-22)24-19(29)16(12-32)26-17(27)13(23)6-2-4-9-21/h13-16,32H,2-12,21-23H2,1H3,(H,24,29)(H,25,28)(H,26,27)(H,30,31). The summed E-state index contributed by atoms with van der Waals surface area (Å²) in [5.74, 6) is -2.29. The minimum atomic E-state index is -1.14. The van der Waals surface area contributed by atoms with Crippen LogP contribution in [-0.4, -0.2) is 83.8 Å². The van der Waals surface area contributed by atoms with Gasteiger partial charge < -0.3 is 38.3 Å². The van der Waals surface area contributed by atoms with Gasteiger partial charge in [0.1, 0.15) is 18.1 Å². The number of nitrogens with one attached hydrogen (secondary N) is 3. The lowest BCUT2D eigenvalue weighted by molar-refractivity contribution is -0.142. The molecule has 0 fully saturated rings. The molecule has 4 atom stereocenters. The second-order valence-corrected chi connectivity index (χ2v) is 9.01. The minimum absolute atomic E-state index is 0.00426. The lowest BCUT2D eigenvalue weighted by Gasteiger charge is -2.24. The molecule has 0 radical (unpaired) electrons. The van der Waals surface area contributed by atoms with E-state index in [1.54, 1.807) is 0 Å². The first-order chi connectivity index (χ1) is 15.7. The Morgan fingerprint density at radius 3 is 1.85 bits per heavy atom. The Morgan fingerprint density at radius 2 is 1.33 bits per heavy atom. The molecule has 11 nitrogen and oxygen atoms in total. The van der Waals surface area contributed by atoms with Gasteiger partial charge in [0.05, 0.1) is 6.04 Å². The van der Waals surface area contributed by atoms with E-state index in [4.69, 9.17) is 17.2 Å². The van der Waals surface area contributed by atoms with E-state index in [2.05, 4.69) is 28.6 Å². The van der Waals surface area contributed by atoms with Crippen molar-refractivity contribution in [3.63, 3.8) is 0 Å². The van der Waals surface area contributed by atoms with Crippen molar-refractivity contribution >= 4 is 48.1 Å². The van der Waals surface area contributed by atoms with Crippen molar-refractivity contribution in [2.45, 2.75) is 69.1 Å². The van der Waals surface area contributed by atoms with Crippen LogP contribution in [0.2, 0.25) is 0 Å². The van der Waals surface area contributed by atoms with Crippen LogP contribution in [-0.2, 0) is 19.2 Å². The Morgan fingerprint density at radius 1 is 0.818 bits per heavy atom. The molecule has 0 spiro atoms. The Hall–Kier alpha value is -1.54. The predicted molar refractivity (Wildman–Crippen MR) is 134 cm³/mol. The van der Waals surface area contributed by atoms with Gasteiger partial charge in [-0.05, 0) is 63.6 Å². The zero-order valence-electron chi connectivity index (χ0n) is 19.3. The number of carboxylic acid groups (broad SMARTS) is 1. The molecule has 0 aromatic rings. The molecule has 0 heterocycles. The van der Waals surface area contributed by atoms with E-state index >= 15 is 0 Å². The van der Waals surface area contributed by atoms with Gasteiger partial charge >= 0.3 is 5.97 Å². The van der Waals surface area contributed by atoms with Gasteiger partial charge in [0.2, 0.25) is 17.7 Å². The van der Waals surface area contributed by atoms with E-state index in [1.807, 2.05) is 6.26 Å². The number of thioether (sulfide) groups is 1. The summed E-state index contributed by atoms with van der Waals surface area (Å²) in [6.45, 7) is 0.925. The van der Waals surface area contributed by atoms with E-state index in [9.17, 15) is 24.3 Å². The maximum Gasteiger partial charge on any atom is 0.326 e. The topological polar surface area (TPSA) is 203 Å². The summed E-state index contributed by atoms with van der Waals surface area (Å²) in [5.41, 5.74) is 16.8. The van der Waals surface area contributed by atoms with Crippen molar-refractivity contribution in [2.75, 3.05) is 30.9 Å². The van der Waals surface area contributed by atoms with Crippen LogP contribution in [0.4, 0.5) is 0 Å². The molecule has 3 amide bonds. The normalized spacial score (nSPS) is 14.6. The molecule has 0 aromatic carbocycles. The minimum Gasteiger partial charge on any atom is -0.480 e. The summed E-state index contributed by atoms with van der Waals surface area (Å²) < 4.78 is 0. The average molecular weight is 509 g/mol. The number of hydrogen-bond donors (Lipinski definition) is 8. The van der Waals surface area contributed by atoms with E-state index < -0.39 is 47.9 Å². The Bertz CT molecular complexity index is 613. The number of carboxylic acids is 1. The number of rotatable bonds is 19. The second kappa shape index (κ2) is 18.8. The van der Waals surface area contributed by atoms with Gasteiger partial charge in [0, 0.05) is 5.75 Å². The predicted octanol–water partition coefficient (Wildman–Crippen LogP) is -1.21. The summed E-state index contributed by atoms with van der Waals surface area (Å²) in [6.07, 6.45) is 5.42. The maximum absolute atomic E-state index is 12.8. The number of hydrogen-bond acceptors (Lipinski definition) is 9. The summed E-state index contributed by atoms with van der Waals surface area (Å²) in [4.78, 5) is 49.3. The van der Waals surface area contributed by atoms with Crippen molar-refractivity contribution in [1.29, 1.82) is 0 Å². The maximum atomic E-state index is 12.8. The van der Waals surface area contributed by atoms with Gasteiger partial charge in [0.15, 0.2) is 0 Å². The highest BCUT2D eigenvalue weighted by Crippen LogP contribution is 2.06. The summed E-state index contributed by atoms with van der Waals surface area (Å²) in [7, 11) is 0. The van der Waals surface area contributed by atoms with Gasteiger partial charge in [-0.2, -0.15) is 24.4 Å². The fourth-order valence-electron chi connectivity index (χ4n) is 2.91. The molecule has 192 valence electrons. The number of aliphatic carboxylic acids is 1. The van der Waals surface area contributed by atoms with E-state index in [0.717, 1.165) is 6.42 Å². The van der Waals surface area contributed by atoms with Gasteiger partial charge in [-0.3, -0.25) is 14.4 Å². The van der Waals surface area contributed by atoms with Crippen molar-refractivity contribution in [1.82, 2.24) is 16.0 Å². The Kier molecular flexibility index (Phi) is 18.0. The molecule has 0 bridgehead atoms. The summed E-state index contributed by atoms with van der Waals surface area (Å²) in [6, 6.07) is -3.83. The van der Waals surface area contributed by atoms with Crippen LogP contribution in [0, 0.1) is 0 Å². The van der Waals surface area contributed by atoms with Crippen LogP contribution >= 0.6 is 24.4 Å². The molecule has 0 aliphatic rings. The third-order valence-corrected chi connectivity index (χ3v) is 5.94. The molecule has 0 aliphatic carbocycles. The highest BCUT2D eigenvalue weighted by atomic mass is 32.2. The first-order valence-electron chi connectivity index (χ1n) is 11.1. The molecule has 0 saturated heterocycles. The smallest absolute Gasteiger partial charge is 0.326 e. The number of carbonyl (C=O) groups is 4. The first-order valence-corrected chi connectivity index (χ1v) is 13.1. The molecule has 0 rings (SSSR count). The van der Waals surface area contributed by atoms with Crippen LogP contribution in [0.15, 0.2) is 0 Å². The van der Waals surface area contributed by atoms with Gasteiger partial charge in [-0.25, -0.2) is 4.79 Å². The third kappa shape index (κ3) is 13.7. The van der Waals surface area contributed by atoms with Gasteiger partial charge in [-0.15, -0.1) is 0 Å². The van der Waals surface area contributed by atoms with Crippen molar-refractivity contribution in [3.05, 3.63) is 0 Å². The number of nitrogens with two attached hydrogens (primary N) is 3. The average Bonchev–Trinajstić information content (AvgIpc) is 2.78.